The smallest absolute Gasteiger partial charge is 0.250 e. The minimum absolute atomic E-state index is 0.297. The van der Waals surface area contributed by atoms with Crippen molar-refractivity contribution in [3.63, 3.8) is 0 Å². The van der Waals surface area contributed by atoms with Crippen molar-refractivity contribution in [2.24, 2.45) is 58.1 Å². The van der Waals surface area contributed by atoms with Crippen LogP contribution in [0.5, 0.6) is 0 Å². The van der Waals surface area contributed by atoms with Crippen LogP contribution < -0.4 is 77.4 Å². The molecular formula is C68H91BrN20O12. The Bertz CT molecular complexity index is 3950. The van der Waals surface area contributed by atoms with E-state index in [2.05, 4.69) is 90.4 Å². The Morgan fingerprint density at radius 1 is 0.426 bits per heavy atom. The number of nitriles is 2. The summed E-state index contributed by atoms with van der Waals surface area (Å²) < 4.78 is 20.3. The first-order chi connectivity index (χ1) is 47.6. The number of rotatable bonds is 28. The molecule has 4 heterocycles. The number of anilines is 11. The fourth-order valence-corrected chi connectivity index (χ4v) is 9.65. The lowest BCUT2D eigenvalue weighted by Gasteiger charge is -2.19. The van der Waals surface area contributed by atoms with Gasteiger partial charge in [0.25, 0.3) is 11.8 Å². The summed E-state index contributed by atoms with van der Waals surface area (Å²) in [6.45, 7) is 23.2. The Morgan fingerprint density at radius 3 is 0.941 bits per heavy atom. The van der Waals surface area contributed by atoms with Crippen molar-refractivity contribution in [1.82, 2.24) is 20.6 Å². The van der Waals surface area contributed by atoms with Crippen molar-refractivity contribution in [3.05, 3.63) is 147 Å². The van der Waals surface area contributed by atoms with Gasteiger partial charge in [-0.15, -0.1) is 0 Å². The average molecular weight is 1460 g/mol. The highest BCUT2D eigenvalue weighted by Gasteiger charge is 2.23. The topological polar surface area (TPSA) is 561 Å². The number of amides is 6. The van der Waals surface area contributed by atoms with Crippen LogP contribution in [0.2, 0.25) is 0 Å². The first-order valence-corrected chi connectivity index (χ1v) is 32.3. The number of nitrogen functional groups attached to an aromatic ring is 1. The fraction of sp³-hybridized carbons (Fsp3) is 0.353. The molecule has 0 aliphatic carbocycles. The number of nitrogens with one attached hydrogen (secondary N) is 7. The molecule has 0 saturated heterocycles. The van der Waals surface area contributed by atoms with Crippen LogP contribution >= 0.6 is 15.9 Å². The molecule has 33 heteroatoms. The lowest BCUT2D eigenvalue weighted by atomic mass is 10.0. The molecule has 4 aromatic carbocycles. The number of hydrogen-bond acceptors (Lipinski definition) is 26. The first-order valence-electron chi connectivity index (χ1n) is 31.5. The largest absolute Gasteiger partial charge is 0.381 e. The highest BCUT2D eigenvalue weighted by atomic mass is 79.9. The molecule has 4 atom stereocenters. The molecule has 0 unspecified atom stereocenters. The van der Waals surface area contributed by atoms with Gasteiger partial charge in [-0.1, -0.05) is 76.0 Å². The quantitative estimate of drug-likeness (QED) is 0.0160. The van der Waals surface area contributed by atoms with Gasteiger partial charge < -0.3 is 95.4 Å². The zero-order chi connectivity index (χ0) is 75.8. The summed E-state index contributed by atoms with van der Waals surface area (Å²) in [5, 5.41) is 66.5. The van der Waals surface area contributed by atoms with Crippen molar-refractivity contribution >= 4 is 114 Å². The SMILES string of the molecule is CC(C)C[C@@H](Nc1ccc(C#N)c(Br)c1)C(N)=O.Cc1cc(N)no1.Cc1cc(Nc2cc(N[C@H](CC(C)C)C(N)=O)ccc2C#N)no1.Cc1cc(Nc2cc(N[C@H](CC(C)C)C(N)=O)ccc2C(N)=O)no1.Cc1cc(Nc2cc(N[C@H](CC(C)C)C(N)=O)ccc2C(N)=O)no1.OO. The molecule has 542 valence electrons. The highest BCUT2D eigenvalue weighted by Crippen LogP contribution is 2.30. The second kappa shape index (κ2) is 41.5. The zero-order valence-electron chi connectivity index (χ0n) is 58.3. The van der Waals surface area contributed by atoms with Gasteiger partial charge in [-0.2, -0.15) is 10.5 Å². The molecule has 0 bridgehead atoms. The number of benzene rings is 4. The molecule has 8 aromatic rings. The standard InChI is InChI=1S/2C17H23N5O3.C17H21N5O2.C13H16BrN3O.C4H6N2O.H2O2/c2*1-9(2)6-14(17(19)24)20-11-4-5-12(16(18)23)13(8-11)21-15-7-10(3)25-22-15;1-10(2)6-15(17(19)23)20-13-5-4-12(9-18)14(8-13)21-16-7-11(3)24-22-16;1-8(2)5-12(13(16)18)17-10-4-3-9(7-15)11(14)6-10;1-3-2-4(5)6-7-3;1-2/h2*4-5,7-9,14,20H,6H2,1-3H3,(H2,18,23)(H2,19,24)(H,21,22);4-5,7-8,10,15,20H,6H2,1-3H3,(H2,19,23)(H,21,22);3-4,6,8,12,17H,5H2,1-2H3,(H2,16,18);2H,1H3,(H2,5,6);1-2H/t2*14-;15-;12-;;/m1111../s1. The van der Waals surface area contributed by atoms with Crippen LogP contribution in [0.1, 0.15) is 136 Å². The van der Waals surface area contributed by atoms with E-state index in [4.69, 9.17) is 69.5 Å². The van der Waals surface area contributed by atoms with E-state index in [0.717, 1.165) is 11.4 Å². The van der Waals surface area contributed by atoms with Gasteiger partial charge in [-0.3, -0.25) is 39.3 Å². The number of aryl methyl sites for hydroxylation is 4. The Balaban J connectivity index is 0.000000337. The number of nitrogens with two attached hydrogens (primary N) is 7. The number of primary amides is 6. The molecule has 32 nitrogen and oxygen atoms in total. The maximum absolute atomic E-state index is 11.6. The van der Waals surface area contributed by atoms with Gasteiger partial charge in [0.05, 0.1) is 39.3 Å². The summed E-state index contributed by atoms with van der Waals surface area (Å²) in [5.74, 6) is 2.99. The third-order valence-corrected chi connectivity index (χ3v) is 14.3. The molecule has 4 aromatic heterocycles. The molecule has 0 aliphatic heterocycles. The van der Waals surface area contributed by atoms with Crippen LogP contribution in [0.25, 0.3) is 0 Å². The Kier molecular flexibility index (Phi) is 34.4. The summed E-state index contributed by atoms with van der Waals surface area (Å²) >= 11 is 3.31. The van der Waals surface area contributed by atoms with E-state index in [1.165, 1.54) is 0 Å². The minimum Gasteiger partial charge on any atom is -0.381 e. The predicted molar refractivity (Wildman–Crippen MR) is 389 cm³/mol. The van der Waals surface area contributed by atoms with Gasteiger partial charge in [0.15, 0.2) is 23.3 Å². The molecule has 8 rings (SSSR count). The fourth-order valence-electron chi connectivity index (χ4n) is 9.19. The van der Waals surface area contributed by atoms with E-state index in [-0.39, 0.29) is 5.91 Å². The number of halogens is 1. The summed E-state index contributed by atoms with van der Waals surface area (Å²) in [5.41, 5.74) is 43.6. The zero-order valence-corrected chi connectivity index (χ0v) is 59.9. The molecule has 0 spiro atoms. The molecular weight excluding hydrogens is 1370 g/mol. The maximum Gasteiger partial charge on any atom is 0.250 e. The number of aromatic nitrogens is 4. The third-order valence-electron chi connectivity index (χ3n) is 13.7. The van der Waals surface area contributed by atoms with Gasteiger partial charge in [-0.05, 0) is 166 Å². The van der Waals surface area contributed by atoms with Crippen molar-refractivity contribution in [2.75, 3.05) is 43.0 Å². The van der Waals surface area contributed by atoms with Crippen LogP contribution in [0, 0.1) is 74.0 Å². The van der Waals surface area contributed by atoms with Crippen LogP contribution in [0.3, 0.4) is 0 Å². The van der Waals surface area contributed by atoms with E-state index in [9.17, 15) is 34.0 Å². The average Bonchev–Trinajstić information content (AvgIpc) is 1.70. The maximum atomic E-state index is 11.6. The summed E-state index contributed by atoms with van der Waals surface area (Å²) in [7, 11) is 0. The lowest BCUT2D eigenvalue weighted by Crippen LogP contribution is -2.36. The molecule has 0 fully saturated rings. The van der Waals surface area contributed by atoms with Crippen molar-refractivity contribution in [3.8, 4) is 12.1 Å². The lowest BCUT2D eigenvalue weighted by molar-refractivity contribution is -0.176. The second-order valence-corrected chi connectivity index (χ2v) is 25.4. The van der Waals surface area contributed by atoms with Crippen LogP contribution in [-0.4, -0.2) is 90.8 Å². The van der Waals surface area contributed by atoms with Gasteiger partial charge in [0.2, 0.25) is 23.6 Å². The van der Waals surface area contributed by atoms with Crippen LogP contribution in [-0.2, 0) is 19.2 Å². The third kappa shape index (κ3) is 29.9. The first kappa shape index (κ1) is 83.5. The molecule has 23 N–H and O–H groups in total. The van der Waals surface area contributed by atoms with Gasteiger partial charge in [0, 0.05) is 51.5 Å². The number of hydrogen-bond donors (Lipinski definition) is 16. The van der Waals surface area contributed by atoms with Crippen LogP contribution in [0.4, 0.5) is 63.1 Å². The molecule has 0 aliphatic rings. The number of carbonyl (C=O) groups excluding carboxylic acids is 6. The van der Waals surface area contributed by atoms with E-state index >= 15 is 0 Å². The minimum atomic E-state index is -0.581. The van der Waals surface area contributed by atoms with E-state index in [0.29, 0.717) is 151 Å². The van der Waals surface area contributed by atoms with Crippen molar-refractivity contribution < 1.29 is 57.4 Å². The summed E-state index contributed by atoms with van der Waals surface area (Å²) in [4.78, 5) is 69.5. The van der Waals surface area contributed by atoms with Crippen LogP contribution in [0.15, 0.2) is 120 Å². The van der Waals surface area contributed by atoms with Crippen molar-refractivity contribution in [1.29, 1.82) is 10.5 Å². The van der Waals surface area contributed by atoms with Gasteiger partial charge in [-0.25, -0.2) is 0 Å². The molecule has 6 amide bonds. The second-order valence-electron chi connectivity index (χ2n) is 24.5. The Labute approximate surface area is 593 Å². The number of nitrogens with zero attached hydrogens (tertiary/aromatic N) is 6. The predicted octanol–water partition coefficient (Wildman–Crippen LogP) is 10.4. The number of carbonyl (C=O) groups is 6. The monoisotopic (exact) mass is 1460 g/mol. The van der Waals surface area contributed by atoms with Gasteiger partial charge >= 0.3 is 0 Å². The molecule has 101 heavy (non-hydrogen) atoms. The normalized spacial score (nSPS) is 11.6. The Hall–Kier alpha value is -11.7. The van der Waals surface area contributed by atoms with E-state index in [1.54, 1.807) is 125 Å². The van der Waals surface area contributed by atoms with Crippen molar-refractivity contribution in [2.45, 2.75) is 133 Å². The highest BCUT2D eigenvalue weighted by molar-refractivity contribution is 9.10. The molecule has 0 radical (unpaired) electrons. The summed E-state index contributed by atoms with van der Waals surface area (Å²) in [6, 6.07) is 29.3. The summed E-state index contributed by atoms with van der Waals surface area (Å²) in [6.07, 6.45) is 2.49. The van der Waals surface area contributed by atoms with Gasteiger partial charge in [0.1, 0.15) is 59.3 Å². The Morgan fingerprint density at radius 2 is 0.703 bits per heavy atom. The van der Waals surface area contributed by atoms with E-state index < -0.39 is 53.7 Å². The van der Waals surface area contributed by atoms with E-state index in [1.807, 2.05) is 55.4 Å². The molecule has 0 saturated carbocycles.